The first kappa shape index (κ1) is 14.0. The maximum absolute atomic E-state index is 5.86. The van der Waals surface area contributed by atoms with Crippen LogP contribution in [0, 0.1) is 11.8 Å². The normalized spacial score (nSPS) is 12.9. The lowest BCUT2D eigenvalue weighted by atomic mass is 9.98. The summed E-state index contributed by atoms with van der Waals surface area (Å²) in [6.45, 7) is 7.40. The number of hydrogen-bond donors (Lipinski definition) is 1. The Bertz CT molecular complexity index is 544. The lowest BCUT2D eigenvalue weighted by Crippen LogP contribution is -2.15. The predicted molar refractivity (Wildman–Crippen MR) is 79.4 cm³/mol. The number of benzene rings is 1. The third-order valence-electron chi connectivity index (χ3n) is 3.31. The molecule has 2 N–H and O–H groups in total. The van der Waals surface area contributed by atoms with Gasteiger partial charge in [-0.1, -0.05) is 36.7 Å². The van der Waals surface area contributed by atoms with E-state index in [4.69, 9.17) is 5.73 Å². The zero-order chi connectivity index (χ0) is 14.0. The van der Waals surface area contributed by atoms with Crippen molar-refractivity contribution in [1.82, 2.24) is 20.2 Å². The number of anilines is 1. The van der Waals surface area contributed by atoms with Gasteiger partial charge in [-0.3, -0.25) is 0 Å². The highest BCUT2D eigenvalue weighted by Crippen LogP contribution is 2.25. The second-order valence-corrected chi connectivity index (χ2v) is 6.09. The molecule has 0 aliphatic carbocycles. The topological polar surface area (TPSA) is 69.6 Å². The summed E-state index contributed by atoms with van der Waals surface area (Å²) < 4.78 is 2.76. The van der Waals surface area contributed by atoms with Gasteiger partial charge in [-0.15, -0.1) is 5.10 Å². The molecule has 19 heavy (non-hydrogen) atoms. The monoisotopic (exact) mass is 323 g/mol. The van der Waals surface area contributed by atoms with Gasteiger partial charge in [-0.25, -0.2) is 4.68 Å². The van der Waals surface area contributed by atoms with Gasteiger partial charge in [-0.2, -0.15) is 0 Å². The van der Waals surface area contributed by atoms with Crippen LogP contribution >= 0.6 is 15.9 Å². The molecule has 5 nitrogen and oxygen atoms in total. The molecule has 0 bridgehead atoms. The standard InChI is InChI=1S/C13H18BrN5/c1-8(2)9(3)7-19-13(16-17-18-19)10-4-11(14)6-12(15)5-10/h4-6,8-9H,7,15H2,1-3H3. The van der Waals surface area contributed by atoms with Crippen molar-refractivity contribution >= 4 is 21.6 Å². The molecule has 0 aliphatic heterocycles. The number of hydrogen-bond acceptors (Lipinski definition) is 4. The third-order valence-corrected chi connectivity index (χ3v) is 3.77. The molecule has 2 rings (SSSR count). The van der Waals surface area contributed by atoms with Gasteiger partial charge in [0.05, 0.1) is 0 Å². The molecule has 0 amide bonds. The first-order chi connectivity index (χ1) is 8.97. The van der Waals surface area contributed by atoms with Gasteiger partial charge in [0.2, 0.25) is 0 Å². The first-order valence-electron chi connectivity index (χ1n) is 6.30. The summed E-state index contributed by atoms with van der Waals surface area (Å²) >= 11 is 3.44. The predicted octanol–water partition coefficient (Wildman–Crippen LogP) is 2.98. The SMILES string of the molecule is CC(C)C(C)Cn1nnnc1-c1cc(N)cc(Br)c1. The van der Waals surface area contributed by atoms with E-state index in [1.165, 1.54) is 0 Å². The highest BCUT2D eigenvalue weighted by Gasteiger charge is 2.14. The second-order valence-electron chi connectivity index (χ2n) is 5.18. The maximum atomic E-state index is 5.86. The zero-order valence-corrected chi connectivity index (χ0v) is 12.9. The van der Waals surface area contributed by atoms with Gasteiger partial charge < -0.3 is 5.73 Å². The van der Waals surface area contributed by atoms with Gasteiger partial charge in [0, 0.05) is 22.3 Å². The van der Waals surface area contributed by atoms with Crippen LogP contribution in [0.4, 0.5) is 5.69 Å². The number of nitrogen functional groups attached to an aromatic ring is 1. The minimum Gasteiger partial charge on any atom is -0.399 e. The number of nitrogens with zero attached hydrogens (tertiary/aromatic N) is 4. The van der Waals surface area contributed by atoms with E-state index < -0.39 is 0 Å². The average Bonchev–Trinajstić information content (AvgIpc) is 2.75. The summed E-state index contributed by atoms with van der Waals surface area (Å²) in [4.78, 5) is 0. The number of halogens is 1. The maximum Gasteiger partial charge on any atom is 0.182 e. The van der Waals surface area contributed by atoms with Crippen molar-refractivity contribution in [2.75, 3.05) is 5.73 Å². The number of nitrogens with two attached hydrogens (primary N) is 1. The third kappa shape index (κ3) is 3.32. The summed E-state index contributed by atoms with van der Waals surface area (Å²) in [5.74, 6) is 1.84. The van der Waals surface area contributed by atoms with E-state index in [2.05, 4.69) is 52.2 Å². The number of tetrazole rings is 1. The molecule has 1 unspecified atom stereocenters. The van der Waals surface area contributed by atoms with Gasteiger partial charge in [0.1, 0.15) is 0 Å². The van der Waals surface area contributed by atoms with Crippen LogP contribution in [0.15, 0.2) is 22.7 Å². The minimum atomic E-state index is 0.506. The van der Waals surface area contributed by atoms with Crippen LogP contribution in [-0.4, -0.2) is 20.2 Å². The minimum absolute atomic E-state index is 0.506. The van der Waals surface area contributed by atoms with Gasteiger partial charge in [-0.05, 0) is 40.5 Å². The largest absolute Gasteiger partial charge is 0.399 e. The molecule has 0 saturated heterocycles. The second kappa shape index (κ2) is 5.69. The Morgan fingerprint density at radius 2 is 2.00 bits per heavy atom. The van der Waals surface area contributed by atoms with E-state index in [1.807, 2.05) is 22.9 Å². The van der Waals surface area contributed by atoms with Crippen LogP contribution in [0.25, 0.3) is 11.4 Å². The van der Waals surface area contributed by atoms with E-state index in [1.54, 1.807) is 0 Å². The molecule has 0 spiro atoms. The highest BCUT2D eigenvalue weighted by molar-refractivity contribution is 9.10. The van der Waals surface area contributed by atoms with Crippen molar-refractivity contribution < 1.29 is 0 Å². The van der Waals surface area contributed by atoms with Crippen LogP contribution in [-0.2, 0) is 6.54 Å². The summed E-state index contributed by atoms with van der Waals surface area (Å²) in [6.07, 6.45) is 0. The fourth-order valence-corrected chi connectivity index (χ4v) is 2.27. The molecule has 1 atom stereocenters. The van der Waals surface area contributed by atoms with Gasteiger partial charge in [0.15, 0.2) is 5.82 Å². The fourth-order valence-electron chi connectivity index (χ4n) is 1.76. The molecule has 1 aromatic heterocycles. The summed E-state index contributed by atoms with van der Waals surface area (Å²) in [5, 5.41) is 12.0. The van der Waals surface area contributed by atoms with Crippen molar-refractivity contribution in [2.24, 2.45) is 11.8 Å². The van der Waals surface area contributed by atoms with Crippen molar-refractivity contribution in [1.29, 1.82) is 0 Å². The molecule has 1 heterocycles. The zero-order valence-electron chi connectivity index (χ0n) is 11.3. The molecule has 2 aromatic rings. The van der Waals surface area contributed by atoms with E-state index in [9.17, 15) is 0 Å². The molecular formula is C13H18BrN5. The van der Waals surface area contributed by atoms with E-state index in [0.717, 1.165) is 22.4 Å². The van der Waals surface area contributed by atoms with Gasteiger partial charge >= 0.3 is 0 Å². The quantitative estimate of drug-likeness (QED) is 0.878. The summed E-state index contributed by atoms with van der Waals surface area (Å²) in [7, 11) is 0. The average molecular weight is 324 g/mol. The fraction of sp³-hybridized carbons (Fsp3) is 0.462. The summed E-state index contributed by atoms with van der Waals surface area (Å²) in [5.41, 5.74) is 7.47. The van der Waals surface area contributed by atoms with E-state index in [0.29, 0.717) is 17.5 Å². The van der Waals surface area contributed by atoms with Crippen LogP contribution in [0.1, 0.15) is 20.8 Å². The van der Waals surface area contributed by atoms with Crippen molar-refractivity contribution in [3.63, 3.8) is 0 Å². The first-order valence-corrected chi connectivity index (χ1v) is 7.09. The van der Waals surface area contributed by atoms with E-state index in [-0.39, 0.29) is 0 Å². The molecule has 0 saturated carbocycles. The molecule has 1 aromatic carbocycles. The van der Waals surface area contributed by atoms with Crippen LogP contribution in [0.2, 0.25) is 0 Å². The van der Waals surface area contributed by atoms with Crippen molar-refractivity contribution in [2.45, 2.75) is 27.3 Å². The van der Waals surface area contributed by atoms with Crippen LogP contribution in [0.3, 0.4) is 0 Å². The van der Waals surface area contributed by atoms with Crippen molar-refractivity contribution in [3.05, 3.63) is 22.7 Å². The smallest absolute Gasteiger partial charge is 0.182 e. The van der Waals surface area contributed by atoms with E-state index >= 15 is 0 Å². The lowest BCUT2D eigenvalue weighted by molar-refractivity contribution is 0.347. The summed E-state index contributed by atoms with van der Waals surface area (Å²) in [6, 6.07) is 5.71. The van der Waals surface area contributed by atoms with Crippen LogP contribution in [0.5, 0.6) is 0 Å². The Morgan fingerprint density at radius 1 is 1.26 bits per heavy atom. The highest BCUT2D eigenvalue weighted by atomic mass is 79.9. The van der Waals surface area contributed by atoms with Gasteiger partial charge in [0.25, 0.3) is 0 Å². The Hall–Kier alpha value is -1.43. The lowest BCUT2D eigenvalue weighted by Gasteiger charge is -2.15. The number of aromatic nitrogens is 4. The van der Waals surface area contributed by atoms with Crippen LogP contribution < -0.4 is 5.73 Å². The Labute approximate surface area is 121 Å². The molecule has 0 aliphatic rings. The molecule has 0 radical (unpaired) electrons. The Kier molecular flexibility index (Phi) is 4.19. The Balaban J connectivity index is 2.33. The number of rotatable bonds is 4. The molecule has 0 fully saturated rings. The van der Waals surface area contributed by atoms with Crippen molar-refractivity contribution in [3.8, 4) is 11.4 Å². The molecular weight excluding hydrogens is 306 g/mol. The Morgan fingerprint density at radius 3 is 2.63 bits per heavy atom. The molecule has 6 heteroatoms. The molecule has 102 valence electrons.